The first-order chi connectivity index (χ1) is 12.2. The molecule has 2 N–H and O–H groups in total. The van der Waals surface area contributed by atoms with Crippen molar-refractivity contribution in [2.75, 3.05) is 17.7 Å². The van der Waals surface area contributed by atoms with Crippen molar-refractivity contribution in [3.05, 3.63) is 71.9 Å². The number of hydrogen-bond donors (Lipinski definition) is 2. The van der Waals surface area contributed by atoms with Crippen LogP contribution in [0.3, 0.4) is 0 Å². The SMILES string of the molecule is COC(=O)c1ccc(Nc2nncc(NCc3ccccc3)n2)cc1. The maximum atomic E-state index is 11.4. The largest absolute Gasteiger partial charge is 0.465 e. The van der Waals surface area contributed by atoms with Crippen molar-refractivity contribution in [3.8, 4) is 0 Å². The van der Waals surface area contributed by atoms with Gasteiger partial charge in [-0.05, 0) is 29.8 Å². The minimum absolute atomic E-state index is 0.365. The molecule has 0 atom stereocenters. The molecule has 0 fully saturated rings. The van der Waals surface area contributed by atoms with E-state index in [0.29, 0.717) is 23.9 Å². The van der Waals surface area contributed by atoms with Gasteiger partial charge in [0.1, 0.15) is 0 Å². The van der Waals surface area contributed by atoms with Gasteiger partial charge in [-0.15, -0.1) is 5.10 Å². The molecule has 25 heavy (non-hydrogen) atoms. The van der Waals surface area contributed by atoms with Crippen molar-refractivity contribution < 1.29 is 9.53 Å². The van der Waals surface area contributed by atoms with E-state index in [1.165, 1.54) is 7.11 Å². The van der Waals surface area contributed by atoms with Crippen LogP contribution in [0.2, 0.25) is 0 Å². The molecular formula is C18H17N5O2. The molecule has 0 spiro atoms. The van der Waals surface area contributed by atoms with E-state index in [4.69, 9.17) is 0 Å². The molecule has 1 heterocycles. The van der Waals surface area contributed by atoms with Crippen molar-refractivity contribution in [1.29, 1.82) is 0 Å². The molecular weight excluding hydrogens is 318 g/mol. The molecule has 0 bridgehead atoms. The second-order valence-corrected chi connectivity index (χ2v) is 5.20. The van der Waals surface area contributed by atoms with Crippen LogP contribution in [0.25, 0.3) is 0 Å². The van der Waals surface area contributed by atoms with Gasteiger partial charge in [0.2, 0.25) is 5.95 Å². The minimum atomic E-state index is -0.378. The van der Waals surface area contributed by atoms with Gasteiger partial charge in [-0.25, -0.2) is 4.79 Å². The monoisotopic (exact) mass is 335 g/mol. The molecule has 0 amide bonds. The summed E-state index contributed by atoms with van der Waals surface area (Å²) in [4.78, 5) is 15.8. The minimum Gasteiger partial charge on any atom is -0.465 e. The summed E-state index contributed by atoms with van der Waals surface area (Å²) in [6.45, 7) is 0.646. The second kappa shape index (κ2) is 7.87. The van der Waals surface area contributed by atoms with Crippen LogP contribution in [0.15, 0.2) is 60.8 Å². The summed E-state index contributed by atoms with van der Waals surface area (Å²) in [5, 5.41) is 14.2. The molecule has 0 unspecified atom stereocenters. The number of esters is 1. The molecule has 0 aliphatic rings. The predicted molar refractivity (Wildman–Crippen MR) is 94.7 cm³/mol. The van der Waals surface area contributed by atoms with E-state index in [-0.39, 0.29) is 5.97 Å². The highest BCUT2D eigenvalue weighted by molar-refractivity contribution is 5.89. The highest BCUT2D eigenvalue weighted by Crippen LogP contribution is 2.15. The van der Waals surface area contributed by atoms with Crippen molar-refractivity contribution in [2.24, 2.45) is 0 Å². The van der Waals surface area contributed by atoms with Crippen molar-refractivity contribution in [1.82, 2.24) is 15.2 Å². The Labute approximate surface area is 145 Å². The molecule has 0 radical (unpaired) electrons. The lowest BCUT2D eigenvalue weighted by Crippen LogP contribution is -2.06. The van der Waals surface area contributed by atoms with Crippen LogP contribution in [0.5, 0.6) is 0 Å². The number of anilines is 3. The van der Waals surface area contributed by atoms with Gasteiger partial charge >= 0.3 is 5.97 Å². The fourth-order valence-corrected chi connectivity index (χ4v) is 2.17. The number of rotatable bonds is 6. The van der Waals surface area contributed by atoms with Gasteiger partial charge in [-0.1, -0.05) is 30.3 Å². The number of benzene rings is 2. The molecule has 7 heteroatoms. The number of nitrogens with one attached hydrogen (secondary N) is 2. The number of aromatic nitrogens is 3. The summed E-state index contributed by atoms with van der Waals surface area (Å²) in [6.07, 6.45) is 1.56. The normalized spacial score (nSPS) is 10.1. The Hall–Kier alpha value is -3.48. The maximum absolute atomic E-state index is 11.4. The Morgan fingerprint density at radius 1 is 1.08 bits per heavy atom. The van der Waals surface area contributed by atoms with Crippen LogP contribution in [-0.2, 0) is 11.3 Å². The number of ether oxygens (including phenoxy) is 1. The highest BCUT2D eigenvalue weighted by atomic mass is 16.5. The fraction of sp³-hybridized carbons (Fsp3) is 0.111. The molecule has 0 saturated heterocycles. The van der Waals surface area contributed by atoms with E-state index in [0.717, 1.165) is 11.3 Å². The van der Waals surface area contributed by atoms with Gasteiger partial charge in [-0.3, -0.25) is 0 Å². The number of carbonyl (C=O) groups is 1. The first kappa shape index (κ1) is 16.4. The first-order valence-electron chi connectivity index (χ1n) is 7.67. The van der Waals surface area contributed by atoms with Gasteiger partial charge < -0.3 is 15.4 Å². The van der Waals surface area contributed by atoms with Crippen LogP contribution < -0.4 is 10.6 Å². The van der Waals surface area contributed by atoms with Gasteiger partial charge in [0.25, 0.3) is 0 Å². The number of nitrogens with zero attached hydrogens (tertiary/aromatic N) is 3. The maximum Gasteiger partial charge on any atom is 0.337 e. The van der Waals surface area contributed by atoms with E-state index in [1.54, 1.807) is 30.5 Å². The smallest absolute Gasteiger partial charge is 0.337 e. The Morgan fingerprint density at radius 3 is 2.56 bits per heavy atom. The van der Waals surface area contributed by atoms with Crippen molar-refractivity contribution in [3.63, 3.8) is 0 Å². The number of carbonyl (C=O) groups excluding carboxylic acids is 1. The number of hydrogen-bond acceptors (Lipinski definition) is 7. The Bertz CT molecular complexity index is 838. The summed E-state index contributed by atoms with van der Waals surface area (Å²) < 4.78 is 4.67. The number of methoxy groups -OCH3 is 1. The Balaban J connectivity index is 1.64. The zero-order valence-electron chi connectivity index (χ0n) is 13.6. The molecule has 0 aliphatic carbocycles. The Kier molecular flexibility index (Phi) is 5.16. The third-order valence-electron chi connectivity index (χ3n) is 3.44. The highest BCUT2D eigenvalue weighted by Gasteiger charge is 2.06. The molecule has 1 aromatic heterocycles. The zero-order valence-corrected chi connectivity index (χ0v) is 13.6. The molecule has 7 nitrogen and oxygen atoms in total. The van der Waals surface area contributed by atoms with Gasteiger partial charge in [0.15, 0.2) is 5.82 Å². The lowest BCUT2D eigenvalue weighted by Gasteiger charge is -2.08. The molecule has 3 rings (SSSR count). The first-order valence-corrected chi connectivity index (χ1v) is 7.67. The summed E-state index contributed by atoms with van der Waals surface area (Å²) in [5.41, 5.74) is 2.37. The van der Waals surface area contributed by atoms with E-state index < -0.39 is 0 Å². The Morgan fingerprint density at radius 2 is 1.84 bits per heavy atom. The van der Waals surface area contributed by atoms with Crippen LogP contribution in [0, 0.1) is 0 Å². The summed E-state index contributed by atoms with van der Waals surface area (Å²) in [6, 6.07) is 16.8. The van der Waals surface area contributed by atoms with Gasteiger partial charge in [-0.2, -0.15) is 10.1 Å². The van der Waals surface area contributed by atoms with E-state index in [2.05, 4.69) is 30.6 Å². The third-order valence-corrected chi connectivity index (χ3v) is 3.44. The third kappa shape index (κ3) is 4.51. The molecule has 126 valence electrons. The zero-order chi connectivity index (χ0) is 17.5. The average molecular weight is 335 g/mol. The van der Waals surface area contributed by atoms with E-state index >= 15 is 0 Å². The lowest BCUT2D eigenvalue weighted by atomic mass is 10.2. The van der Waals surface area contributed by atoms with Crippen molar-refractivity contribution >= 4 is 23.4 Å². The van der Waals surface area contributed by atoms with E-state index in [9.17, 15) is 4.79 Å². The summed E-state index contributed by atoms with van der Waals surface area (Å²) in [7, 11) is 1.35. The topological polar surface area (TPSA) is 89.0 Å². The molecule has 3 aromatic rings. The standard InChI is InChI=1S/C18H17N5O2/c1-25-17(24)14-7-9-15(10-8-14)21-18-22-16(12-20-23-18)19-11-13-5-3-2-4-6-13/h2-10,12H,11H2,1H3,(H2,19,21,22,23). The van der Waals surface area contributed by atoms with Crippen LogP contribution >= 0.6 is 0 Å². The van der Waals surface area contributed by atoms with Crippen LogP contribution in [0.1, 0.15) is 15.9 Å². The second-order valence-electron chi connectivity index (χ2n) is 5.20. The molecule has 2 aromatic carbocycles. The summed E-state index contributed by atoms with van der Waals surface area (Å²) in [5.74, 6) is 0.605. The van der Waals surface area contributed by atoms with Crippen molar-refractivity contribution in [2.45, 2.75) is 6.54 Å². The van der Waals surface area contributed by atoms with Crippen LogP contribution in [0.4, 0.5) is 17.5 Å². The molecule has 0 saturated carbocycles. The van der Waals surface area contributed by atoms with Gasteiger partial charge in [0.05, 0.1) is 18.9 Å². The van der Waals surface area contributed by atoms with E-state index in [1.807, 2.05) is 30.3 Å². The lowest BCUT2D eigenvalue weighted by molar-refractivity contribution is 0.0601. The van der Waals surface area contributed by atoms with Crippen LogP contribution in [-0.4, -0.2) is 28.3 Å². The predicted octanol–water partition coefficient (Wildman–Crippen LogP) is 3.01. The average Bonchev–Trinajstić information content (AvgIpc) is 2.67. The quantitative estimate of drug-likeness (QED) is 0.669. The fourth-order valence-electron chi connectivity index (χ4n) is 2.17. The van der Waals surface area contributed by atoms with Gasteiger partial charge in [0, 0.05) is 12.2 Å². The molecule has 0 aliphatic heterocycles. The summed E-state index contributed by atoms with van der Waals surface area (Å²) >= 11 is 0.